The van der Waals surface area contributed by atoms with Gasteiger partial charge in [-0.1, -0.05) is 11.6 Å². The van der Waals surface area contributed by atoms with Crippen LogP contribution in [0.5, 0.6) is 5.75 Å². The van der Waals surface area contributed by atoms with Crippen LogP contribution in [0.15, 0.2) is 47.7 Å². The van der Waals surface area contributed by atoms with Gasteiger partial charge in [-0.05, 0) is 18.2 Å². The second kappa shape index (κ2) is 6.22. The second-order valence-electron chi connectivity index (χ2n) is 5.16. The lowest BCUT2D eigenvalue weighted by Gasteiger charge is -2.08. The highest BCUT2D eigenvalue weighted by molar-refractivity contribution is 6.33. The lowest BCUT2D eigenvalue weighted by Crippen LogP contribution is -2.14. The minimum absolute atomic E-state index is 0.181. The van der Waals surface area contributed by atoms with Crippen LogP contribution in [0, 0.1) is 11.3 Å². The summed E-state index contributed by atoms with van der Waals surface area (Å²) in [6.45, 7) is 0. The number of nitrogens with zero attached hydrogens (tertiary/aromatic N) is 4. The summed E-state index contributed by atoms with van der Waals surface area (Å²) >= 11 is 6.18. The molecule has 3 rings (SSSR count). The molecule has 24 heavy (non-hydrogen) atoms. The van der Waals surface area contributed by atoms with Crippen molar-refractivity contribution in [2.24, 2.45) is 7.05 Å². The number of hydrogen-bond acceptors (Lipinski definition) is 4. The summed E-state index contributed by atoms with van der Waals surface area (Å²) in [5.74, 6) is 0.593. The Morgan fingerprint density at radius 3 is 2.79 bits per heavy atom. The zero-order valence-electron chi connectivity index (χ0n) is 13.0. The van der Waals surface area contributed by atoms with Gasteiger partial charge in [-0.2, -0.15) is 10.4 Å². The number of nitriles is 1. The van der Waals surface area contributed by atoms with E-state index in [-0.39, 0.29) is 5.56 Å². The Labute approximate surface area is 143 Å². The van der Waals surface area contributed by atoms with Gasteiger partial charge in [0.15, 0.2) is 0 Å². The quantitative estimate of drug-likeness (QED) is 0.735. The number of pyridine rings is 1. The maximum atomic E-state index is 11.6. The third kappa shape index (κ3) is 2.77. The normalized spacial score (nSPS) is 10.4. The molecular weight excluding hydrogens is 328 g/mol. The van der Waals surface area contributed by atoms with Crippen LogP contribution >= 0.6 is 11.6 Å². The van der Waals surface area contributed by atoms with E-state index in [4.69, 9.17) is 21.6 Å². The molecule has 2 aromatic heterocycles. The van der Waals surface area contributed by atoms with Crippen molar-refractivity contribution in [3.63, 3.8) is 0 Å². The van der Waals surface area contributed by atoms with Crippen molar-refractivity contribution in [3.05, 3.63) is 63.8 Å². The van der Waals surface area contributed by atoms with Crippen molar-refractivity contribution in [2.45, 2.75) is 0 Å². The number of methoxy groups -OCH3 is 1. The van der Waals surface area contributed by atoms with Gasteiger partial charge in [0.2, 0.25) is 0 Å². The summed E-state index contributed by atoms with van der Waals surface area (Å²) in [5.41, 5.74) is 2.41. The van der Waals surface area contributed by atoms with Gasteiger partial charge in [0.1, 0.15) is 11.4 Å². The van der Waals surface area contributed by atoms with Crippen LogP contribution in [-0.4, -0.2) is 21.5 Å². The van der Waals surface area contributed by atoms with Crippen molar-refractivity contribution in [1.82, 2.24) is 14.3 Å². The molecule has 0 aliphatic heterocycles. The number of rotatable bonds is 3. The first-order valence-electron chi connectivity index (χ1n) is 7.03. The summed E-state index contributed by atoms with van der Waals surface area (Å²) in [6.07, 6.45) is 5.07. The summed E-state index contributed by atoms with van der Waals surface area (Å²) < 4.78 is 8.39. The largest absolute Gasteiger partial charge is 0.494 e. The van der Waals surface area contributed by atoms with Gasteiger partial charge in [0, 0.05) is 36.6 Å². The summed E-state index contributed by atoms with van der Waals surface area (Å²) in [4.78, 5) is 11.6. The molecule has 3 aromatic rings. The smallest absolute Gasteiger partial charge is 0.251 e. The molecule has 0 bridgehead atoms. The minimum atomic E-state index is -0.181. The standard InChI is InChI=1S/C17H13ClN4O2/c1-21-10-13(14(18)6-17(21)23)12-8-20-22(9-12)15-5-11(7-19)3-4-16(15)24-2/h3-6,8-10H,1-2H3. The highest BCUT2D eigenvalue weighted by atomic mass is 35.5. The average molecular weight is 341 g/mol. The van der Waals surface area contributed by atoms with Gasteiger partial charge in [0.25, 0.3) is 5.56 Å². The van der Waals surface area contributed by atoms with Crippen molar-refractivity contribution < 1.29 is 4.74 Å². The Morgan fingerprint density at radius 2 is 2.08 bits per heavy atom. The minimum Gasteiger partial charge on any atom is -0.494 e. The molecule has 7 heteroatoms. The molecule has 6 nitrogen and oxygen atoms in total. The first-order valence-corrected chi connectivity index (χ1v) is 7.41. The molecule has 0 saturated heterocycles. The van der Waals surface area contributed by atoms with Crippen LogP contribution in [0.4, 0.5) is 0 Å². The molecule has 0 fully saturated rings. The Hall–Kier alpha value is -3.04. The lowest BCUT2D eigenvalue weighted by atomic mass is 10.1. The Morgan fingerprint density at radius 1 is 1.29 bits per heavy atom. The SMILES string of the molecule is COc1ccc(C#N)cc1-n1cc(-c2cn(C)c(=O)cc2Cl)cn1. The fourth-order valence-electron chi connectivity index (χ4n) is 2.35. The molecule has 2 heterocycles. The van der Waals surface area contributed by atoms with Gasteiger partial charge in [-0.3, -0.25) is 4.79 Å². The van der Waals surface area contributed by atoms with Crippen LogP contribution in [-0.2, 0) is 7.05 Å². The van der Waals surface area contributed by atoms with Gasteiger partial charge in [0.05, 0.1) is 30.0 Å². The molecule has 0 amide bonds. The van der Waals surface area contributed by atoms with E-state index in [0.717, 1.165) is 5.56 Å². The topological polar surface area (TPSA) is 72.8 Å². The van der Waals surface area contributed by atoms with Crippen LogP contribution < -0.4 is 10.3 Å². The van der Waals surface area contributed by atoms with Crippen LogP contribution in [0.1, 0.15) is 5.56 Å². The Kier molecular flexibility index (Phi) is 4.11. The average Bonchev–Trinajstić information content (AvgIpc) is 3.07. The maximum Gasteiger partial charge on any atom is 0.251 e. The maximum absolute atomic E-state index is 11.6. The summed E-state index contributed by atoms with van der Waals surface area (Å²) in [6, 6.07) is 8.55. The molecule has 1 aromatic carbocycles. The molecule has 0 atom stereocenters. The number of aryl methyl sites for hydroxylation is 1. The fourth-order valence-corrected chi connectivity index (χ4v) is 2.60. The molecule has 0 spiro atoms. The zero-order valence-corrected chi connectivity index (χ0v) is 13.8. The monoisotopic (exact) mass is 340 g/mol. The highest BCUT2D eigenvalue weighted by Crippen LogP contribution is 2.29. The molecule has 0 N–H and O–H groups in total. The van der Waals surface area contributed by atoms with Crippen LogP contribution in [0.25, 0.3) is 16.8 Å². The predicted octanol–water partition coefficient (Wildman–Crippen LogP) is 2.77. The van der Waals surface area contributed by atoms with E-state index in [2.05, 4.69) is 11.2 Å². The number of hydrogen-bond donors (Lipinski definition) is 0. The van der Waals surface area contributed by atoms with E-state index in [1.165, 1.54) is 10.6 Å². The first kappa shape index (κ1) is 15.8. The van der Waals surface area contributed by atoms with Crippen molar-refractivity contribution in [2.75, 3.05) is 7.11 Å². The lowest BCUT2D eigenvalue weighted by molar-refractivity contribution is 0.411. The van der Waals surface area contributed by atoms with Crippen molar-refractivity contribution in [1.29, 1.82) is 5.26 Å². The fraction of sp³-hybridized carbons (Fsp3) is 0.118. The van der Waals surface area contributed by atoms with E-state index in [0.29, 0.717) is 27.6 Å². The number of benzene rings is 1. The summed E-state index contributed by atoms with van der Waals surface area (Å²) in [7, 11) is 3.21. The van der Waals surface area contributed by atoms with E-state index < -0.39 is 0 Å². The van der Waals surface area contributed by atoms with E-state index >= 15 is 0 Å². The van der Waals surface area contributed by atoms with E-state index in [9.17, 15) is 4.79 Å². The number of aromatic nitrogens is 3. The van der Waals surface area contributed by atoms with Crippen LogP contribution in [0.3, 0.4) is 0 Å². The zero-order chi connectivity index (χ0) is 17.3. The predicted molar refractivity (Wildman–Crippen MR) is 90.5 cm³/mol. The Bertz CT molecular complexity index is 1010. The first-order chi connectivity index (χ1) is 11.5. The Balaban J connectivity index is 2.11. The molecule has 0 unspecified atom stereocenters. The third-order valence-electron chi connectivity index (χ3n) is 3.63. The van der Waals surface area contributed by atoms with Gasteiger partial charge < -0.3 is 9.30 Å². The molecule has 0 aliphatic carbocycles. The summed E-state index contributed by atoms with van der Waals surface area (Å²) in [5, 5.41) is 13.8. The van der Waals surface area contributed by atoms with E-state index in [1.807, 2.05) is 0 Å². The third-order valence-corrected chi connectivity index (χ3v) is 3.94. The molecule has 0 radical (unpaired) electrons. The number of halogens is 1. The highest BCUT2D eigenvalue weighted by Gasteiger charge is 2.12. The number of ether oxygens (including phenoxy) is 1. The van der Waals surface area contributed by atoms with Gasteiger partial charge in [-0.15, -0.1) is 0 Å². The second-order valence-corrected chi connectivity index (χ2v) is 5.56. The molecular formula is C17H13ClN4O2. The van der Waals surface area contributed by atoms with Gasteiger partial charge in [-0.25, -0.2) is 4.68 Å². The molecule has 0 saturated carbocycles. The van der Waals surface area contributed by atoms with E-state index in [1.54, 1.807) is 55.6 Å². The molecule has 120 valence electrons. The van der Waals surface area contributed by atoms with Crippen LogP contribution in [0.2, 0.25) is 5.02 Å². The van der Waals surface area contributed by atoms with Crippen molar-refractivity contribution >= 4 is 11.6 Å². The van der Waals surface area contributed by atoms with Crippen molar-refractivity contribution in [3.8, 4) is 28.6 Å². The van der Waals surface area contributed by atoms with Gasteiger partial charge >= 0.3 is 0 Å². The molecule has 0 aliphatic rings.